The number of nitrogens with zero attached hydrogens (tertiary/aromatic N) is 2. The Hall–Kier alpha value is -1.00. The Balaban J connectivity index is 1.76. The van der Waals surface area contributed by atoms with E-state index in [1.165, 1.54) is 30.5 Å². The predicted molar refractivity (Wildman–Crippen MR) is 83.3 cm³/mol. The summed E-state index contributed by atoms with van der Waals surface area (Å²) in [6, 6.07) is 0.800. The molecule has 0 bridgehead atoms. The number of hydrogen-bond donors (Lipinski definition) is 1. The number of aryl methyl sites for hydroxylation is 2. The van der Waals surface area contributed by atoms with Crippen LogP contribution in [0.4, 0.5) is 0 Å². The third-order valence-corrected chi connectivity index (χ3v) is 4.90. The highest BCUT2D eigenvalue weighted by Crippen LogP contribution is 2.29. The summed E-state index contributed by atoms with van der Waals surface area (Å²) in [7, 11) is 1.72. The van der Waals surface area contributed by atoms with E-state index in [0.29, 0.717) is 0 Å². The molecule has 1 aromatic rings. The van der Waals surface area contributed by atoms with Crippen LogP contribution >= 0.6 is 0 Å². The molecule has 1 N–H and O–H groups in total. The average Bonchev–Trinajstić information content (AvgIpc) is 3.29. The van der Waals surface area contributed by atoms with Gasteiger partial charge in [0.25, 0.3) is 0 Å². The van der Waals surface area contributed by atoms with Gasteiger partial charge in [-0.05, 0) is 70.9 Å². The lowest BCUT2D eigenvalue weighted by Crippen LogP contribution is -2.31. The Morgan fingerprint density at radius 3 is 2.67 bits per heavy atom. The summed E-state index contributed by atoms with van der Waals surface area (Å²) in [4.78, 5) is 9.52. The molecule has 3 rings (SSSR count). The molecule has 0 aliphatic heterocycles. The Bertz CT molecular complexity index is 523. The van der Waals surface area contributed by atoms with Crippen molar-refractivity contribution in [2.75, 3.05) is 13.7 Å². The highest BCUT2D eigenvalue weighted by atomic mass is 16.5. The normalized spacial score (nSPS) is 22.2. The number of nitrogens with one attached hydrogen (secondary N) is 1. The fourth-order valence-electron chi connectivity index (χ4n) is 3.01. The average molecular weight is 289 g/mol. The van der Waals surface area contributed by atoms with E-state index >= 15 is 0 Å². The van der Waals surface area contributed by atoms with Gasteiger partial charge in [-0.1, -0.05) is 0 Å². The van der Waals surface area contributed by atoms with E-state index in [9.17, 15) is 0 Å². The number of rotatable bonds is 5. The van der Waals surface area contributed by atoms with E-state index in [1.807, 2.05) is 13.8 Å². The Kier molecular flexibility index (Phi) is 4.02. The first-order valence-corrected chi connectivity index (χ1v) is 8.15. The maximum absolute atomic E-state index is 5.53. The van der Waals surface area contributed by atoms with Crippen LogP contribution in [0.1, 0.15) is 55.9 Å². The molecule has 0 spiro atoms. The molecule has 1 aromatic heterocycles. The van der Waals surface area contributed by atoms with Crippen molar-refractivity contribution in [1.82, 2.24) is 15.3 Å². The van der Waals surface area contributed by atoms with Crippen LogP contribution in [0, 0.1) is 12.8 Å². The molecule has 116 valence electrons. The molecule has 1 atom stereocenters. The van der Waals surface area contributed by atoms with Crippen molar-refractivity contribution >= 4 is 0 Å². The van der Waals surface area contributed by atoms with Gasteiger partial charge in [0.2, 0.25) is 0 Å². The SMILES string of the molecule is COC(C)(C)c1nc(C)c2c(n1)CCC(CNC1CC1)C2. The first kappa shape index (κ1) is 14.9. The van der Waals surface area contributed by atoms with Crippen LogP contribution < -0.4 is 5.32 Å². The highest BCUT2D eigenvalue weighted by Gasteiger charge is 2.29. The summed E-state index contributed by atoms with van der Waals surface area (Å²) in [5, 5.41) is 3.66. The second-order valence-electron chi connectivity index (χ2n) is 7.06. The minimum Gasteiger partial charge on any atom is -0.371 e. The third kappa shape index (κ3) is 3.27. The topological polar surface area (TPSA) is 47.0 Å². The summed E-state index contributed by atoms with van der Waals surface area (Å²) < 4.78 is 5.53. The molecule has 1 fully saturated rings. The zero-order valence-corrected chi connectivity index (χ0v) is 13.7. The van der Waals surface area contributed by atoms with Crippen LogP contribution in [-0.4, -0.2) is 29.7 Å². The lowest BCUT2D eigenvalue weighted by atomic mass is 9.85. The predicted octanol–water partition coefficient (Wildman–Crippen LogP) is 2.52. The summed E-state index contributed by atoms with van der Waals surface area (Å²) in [5.74, 6) is 1.55. The van der Waals surface area contributed by atoms with E-state index in [2.05, 4.69) is 12.2 Å². The van der Waals surface area contributed by atoms with Crippen molar-refractivity contribution in [2.24, 2.45) is 5.92 Å². The molecule has 0 radical (unpaired) electrons. The van der Waals surface area contributed by atoms with Crippen LogP contribution in [0.15, 0.2) is 0 Å². The van der Waals surface area contributed by atoms with E-state index in [0.717, 1.165) is 42.9 Å². The van der Waals surface area contributed by atoms with Gasteiger partial charge in [-0.3, -0.25) is 0 Å². The summed E-state index contributed by atoms with van der Waals surface area (Å²) in [5.41, 5.74) is 3.34. The second-order valence-corrected chi connectivity index (χ2v) is 7.06. The molecule has 0 saturated heterocycles. The summed E-state index contributed by atoms with van der Waals surface area (Å²) in [6.45, 7) is 7.32. The van der Waals surface area contributed by atoms with Crippen LogP contribution in [0.25, 0.3) is 0 Å². The Labute approximate surface area is 127 Å². The number of fused-ring (bicyclic) bond motifs is 1. The van der Waals surface area contributed by atoms with Crippen molar-refractivity contribution in [2.45, 2.75) is 64.5 Å². The Morgan fingerprint density at radius 1 is 1.24 bits per heavy atom. The molecule has 21 heavy (non-hydrogen) atoms. The number of methoxy groups -OCH3 is 1. The standard InChI is InChI=1S/C17H27N3O/c1-11-14-9-12(10-18-13-6-7-13)5-8-15(14)20-16(19-11)17(2,3)21-4/h12-13,18H,5-10H2,1-4H3. The van der Waals surface area contributed by atoms with Crippen LogP contribution in [0.3, 0.4) is 0 Å². The van der Waals surface area contributed by atoms with Crippen molar-refractivity contribution in [3.8, 4) is 0 Å². The van der Waals surface area contributed by atoms with Crippen molar-refractivity contribution in [1.29, 1.82) is 0 Å². The van der Waals surface area contributed by atoms with E-state index in [1.54, 1.807) is 7.11 Å². The highest BCUT2D eigenvalue weighted by molar-refractivity contribution is 5.29. The summed E-state index contributed by atoms with van der Waals surface area (Å²) >= 11 is 0. The first-order chi connectivity index (χ1) is 9.99. The second kappa shape index (κ2) is 5.65. The molecule has 2 aliphatic carbocycles. The molecular weight excluding hydrogens is 262 g/mol. The van der Waals surface area contributed by atoms with Gasteiger partial charge in [0.15, 0.2) is 5.82 Å². The minimum absolute atomic E-state index is 0.413. The van der Waals surface area contributed by atoms with Crippen molar-refractivity contribution in [3.05, 3.63) is 22.8 Å². The monoisotopic (exact) mass is 289 g/mol. The van der Waals surface area contributed by atoms with Gasteiger partial charge in [0.05, 0.1) is 0 Å². The van der Waals surface area contributed by atoms with E-state index in [-0.39, 0.29) is 0 Å². The molecule has 1 heterocycles. The van der Waals surface area contributed by atoms with Crippen LogP contribution in [0.2, 0.25) is 0 Å². The molecular formula is C17H27N3O. The molecule has 4 heteroatoms. The van der Waals surface area contributed by atoms with Gasteiger partial charge in [-0.15, -0.1) is 0 Å². The van der Waals surface area contributed by atoms with Gasteiger partial charge in [-0.25, -0.2) is 9.97 Å². The third-order valence-electron chi connectivity index (χ3n) is 4.90. The smallest absolute Gasteiger partial charge is 0.160 e. The molecule has 0 aromatic carbocycles. The number of ether oxygens (including phenoxy) is 1. The zero-order valence-electron chi connectivity index (χ0n) is 13.7. The van der Waals surface area contributed by atoms with Crippen LogP contribution in [-0.2, 0) is 23.2 Å². The van der Waals surface area contributed by atoms with Crippen molar-refractivity contribution < 1.29 is 4.74 Å². The molecule has 2 aliphatic rings. The van der Waals surface area contributed by atoms with Gasteiger partial charge < -0.3 is 10.1 Å². The fourth-order valence-corrected chi connectivity index (χ4v) is 3.01. The van der Waals surface area contributed by atoms with Gasteiger partial charge >= 0.3 is 0 Å². The molecule has 4 nitrogen and oxygen atoms in total. The lowest BCUT2D eigenvalue weighted by Gasteiger charge is -2.28. The lowest BCUT2D eigenvalue weighted by molar-refractivity contribution is 0.0110. The summed E-state index contributed by atoms with van der Waals surface area (Å²) in [6.07, 6.45) is 6.15. The van der Waals surface area contributed by atoms with E-state index < -0.39 is 5.60 Å². The Morgan fingerprint density at radius 2 is 2.00 bits per heavy atom. The molecule has 0 amide bonds. The minimum atomic E-state index is -0.413. The largest absolute Gasteiger partial charge is 0.371 e. The maximum Gasteiger partial charge on any atom is 0.160 e. The number of hydrogen-bond acceptors (Lipinski definition) is 4. The van der Waals surface area contributed by atoms with Gasteiger partial charge in [0, 0.05) is 24.5 Å². The zero-order chi connectivity index (χ0) is 15.0. The van der Waals surface area contributed by atoms with Crippen molar-refractivity contribution in [3.63, 3.8) is 0 Å². The first-order valence-electron chi connectivity index (χ1n) is 8.15. The molecule has 1 saturated carbocycles. The van der Waals surface area contributed by atoms with Gasteiger partial charge in [0.1, 0.15) is 5.60 Å². The fraction of sp³-hybridized carbons (Fsp3) is 0.765. The van der Waals surface area contributed by atoms with E-state index in [4.69, 9.17) is 14.7 Å². The quantitative estimate of drug-likeness (QED) is 0.905. The maximum atomic E-state index is 5.53. The van der Waals surface area contributed by atoms with Gasteiger partial charge in [-0.2, -0.15) is 0 Å². The number of aromatic nitrogens is 2. The van der Waals surface area contributed by atoms with Crippen LogP contribution in [0.5, 0.6) is 0 Å². The molecule has 1 unspecified atom stereocenters.